The minimum atomic E-state index is -4.32. The Balaban J connectivity index is 4.05. The molecule has 0 saturated carbocycles. The van der Waals surface area contributed by atoms with Crippen LogP contribution in [0.25, 0.3) is 0 Å². The van der Waals surface area contributed by atoms with Crippen molar-refractivity contribution in [2.24, 2.45) is 5.73 Å². The van der Waals surface area contributed by atoms with Gasteiger partial charge in [-0.3, -0.25) is 13.8 Å². The van der Waals surface area contributed by atoms with E-state index >= 15 is 0 Å². The second-order valence-corrected chi connectivity index (χ2v) is 19.5. The summed E-state index contributed by atoms with van der Waals surface area (Å²) >= 11 is 0. The molecule has 0 aliphatic heterocycles. The van der Waals surface area contributed by atoms with E-state index in [9.17, 15) is 19.4 Å². The molecule has 0 heterocycles. The molecule has 8 nitrogen and oxygen atoms in total. The predicted octanol–water partition coefficient (Wildman–Crippen LogP) is 15.8. The van der Waals surface area contributed by atoms with Gasteiger partial charge in [0, 0.05) is 13.0 Å². The molecule has 0 rings (SSSR count). The number of nitrogens with two attached hydrogens (primary N) is 1. The number of allylic oxidation sites excluding steroid dienone is 6. The molecule has 62 heavy (non-hydrogen) atoms. The van der Waals surface area contributed by atoms with Crippen molar-refractivity contribution in [1.82, 2.24) is 5.32 Å². The molecule has 9 heteroatoms. The molecule has 3 unspecified atom stereocenters. The van der Waals surface area contributed by atoms with Gasteiger partial charge in [-0.15, -0.1) is 0 Å². The van der Waals surface area contributed by atoms with E-state index in [4.69, 9.17) is 14.8 Å². The number of carbonyl (C=O) groups excluding carboxylic acids is 1. The largest absolute Gasteiger partial charge is 0.472 e. The molecule has 0 fully saturated rings. The molecule has 0 saturated heterocycles. The van der Waals surface area contributed by atoms with Crippen LogP contribution in [0, 0.1) is 0 Å². The van der Waals surface area contributed by atoms with Gasteiger partial charge >= 0.3 is 7.82 Å². The van der Waals surface area contributed by atoms with E-state index in [1.807, 2.05) is 0 Å². The summed E-state index contributed by atoms with van der Waals surface area (Å²) in [5, 5.41) is 13.9. The van der Waals surface area contributed by atoms with Crippen molar-refractivity contribution in [2.45, 2.75) is 276 Å². The molecule has 3 atom stereocenters. The highest BCUT2D eigenvalue weighted by atomic mass is 31.2. The smallest absolute Gasteiger partial charge is 0.391 e. The maximum Gasteiger partial charge on any atom is 0.472 e. The topological polar surface area (TPSA) is 131 Å². The Kier molecular flexibility index (Phi) is 48.1. The van der Waals surface area contributed by atoms with Gasteiger partial charge in [0.05, 0.1) is 25.4 Å². The number of phosphoric acid groups is 1. The first-order valence-corrected chi connectivity index (χ1v) is 28.1. The predicted molar refractivity (Wildman–Crippen MR) is 268 cm³/mol. The van der Waals surface area contributed by atoms with Crippen LogP contribution in [0.2, 0.25) is 0 Å². The quantitative estimate of drug-likeness (QED) is 0.0272. The molecule has 0 aliphatic rings. The van der Waals surface area contributed by atoms with E-state index in [0.29, 0.717) is 12.8 Å². The SMILES string of the molecule is CCCCCCC/C=C\C/C=C\C/C=C\CCCCCCCCCCC(=O)NC(COP(=O)(O)OCCN)C(O)CCCCCCCCCCCCCCCCCCCCCC. The van der Waals surface area contributed by atoms with Gasteiger partial charge in [-0.2, -0.15) is 0 Å². The summed E-state index contributed by atoms with van der Waals surface area (Å²) in [6, 6.07) is -0.780. The Bertz CT molecular complexity index is 1070. The highest BCUT2D eigenvalue weighted by Crippen LogP contribution is 2.43. The first-order valence-electron chi connectivity index (χ1n) is 26.6. The van der Waals surface area contributed by atoms with Crippen LogP contribution in [0.4, 0.5) is 0 Å². The molecule has 0 aliphatic carbocycles. The molecule has 1 amide bonds. The molecule has 366 valence electrons. The number of aliphatic hydroxyl groups is 1. The lowest BCUT2D eigenvalue weighted by Crippen LogP contribution is -2.46. The van der Waals surface area contributed by atoms with Gasteiger partial charge in [0.25, 0.3) is 0 Å². The lowest BCUT2D eigenvalue weighted by Gasteiger charge is -2.25. The molecule has 0 aromatic heterocycles. The molecular formula is C53H103N2O6P. The molecular weight excluding hydrogens is 792 g/mol. The Morgan fingerprint density at radius 3 is 1.29 bits per heavy atom. The number of hydrogen-bond acceptors (Lipinski definition) is 6. The van der Waals surface area contributed by atoms with Crippen LogP contribution in [0.3, 0.4) is 0 Å². The second-order valence-electron chi connectivity index (χ2n) is 18.1. The maximum absolute atomic E-state index is 12.9. The summed E-state index contributed by atoms with van der Waals surface area (Å²) in [6.45, 7) is 4.22. The Morgan fingerprint density at radius 1 is 0.532 bits per heavy atom. The van der Waals surface area contributed by atoms with E-state index in [-0.39, 0.29) is 25.7 Å². The van der Waals surface area contributed by atoms with E-state index in [1.165, 1.54) is 180 Å². The van der Waals surface area contributed by atoms with Crippen molar-refractivity contribution in [1.29, 1.82) is 0 Å². The zero-order valence-electron chi connectivity index (χ0n) is 40.9. The van der Waals surface area contributed by atoms with Gasteiger partial charge in [-0.05, 0) is 51.4 Å². The number of aliphatic hydroxyl groups excluding tert-OH is 1. The number of hydrogen-bond donors (Lipinski definition) is 4. The van der Waals surface area contributed by atoms with Crippen LogP contribution < -0.4 is 11.1 Å². The number of rotatable bonds is 50. The fraction of sp³-hybridized carbons (Fsp3) is 0.868. The van der Waals surface area contributed by atoms with E-state index in [1.54, 1.807) is 0 Å². The summed E-state index contributed by atoms with van der Waals surface area (Å²) in [7, 11) is -4.32. The summed E-state index contributed by atoms with van der Waals surface area (Å²) in [5.74, 6) is -0.166. The van der Waals surface area contributed by atoms with E-state index in [0.717, 1.165) is 57.8 Å². The lowest BCUT2D eigenvalue weighted by atomic mass is 10.0. The summed E-state index contributed by atoms with van der Waals surface area (Å²) in [6.07, 6.45) is 60.2. The zero-order valence-corrected chi connectivity index (χ0v) is 41.8. The number of unbranched alkanes of at least 4 members (excludes halogenated alkanes) is 32. The zero-order chi connectivity index (χ0) is 45.3. The van der Waals surface area contributed by atoms with Gasteiger partial charge in [0.15, 0.2) is 0 Å². The molecule has 0 aromatic carbocycles. The number of amides is 1. The van der Waals surface area contributed by atoms with Gasteiger partial charge in [-0.25, -0.2) is 4.57 Å². The number of carbonyl (C=O) groups is 1. The Morgan fingerprint density at radius 2 is 0.887 bits per heavy atom. The Hall–Kier alpha value is -1.28. The van der Waals surface area contributed by atoms with Gasteiger partial charge in [-0.1, -0.05) is 243 Å². The number of phosphoric ester groups is 1. The van der Waals surface area contributed by atoms with Crippen LogP contribution in [0.5, 0.6) is 0 Å². The minimum absolute atomic E-state index is 0.0873. The fourth-order valence-corrected chi connectivity index (χ4v) is 8.73. The van der Waals surface area contributed by atoms with E-state index < -0.39 is 20.0 Å². The highest BCUT2D eigenvalue weighted by Gasteiger charge is 2.27. The lowest BCUT2D eigenvalue weighted by molar-refractivity contribution is -0.123. The van der Waals surface area contributed by atoms with Crippen molar-refractivity contribution in [2.75, 3.05) is 19.8 Å². The summed E-state index contributed by atoms with van der Waals surface area (Å²) in [5.41, 5.74) is 5.40. The van der Waals surface area contributed by atoms with Crippen molar-refractivity contribution < 1.29 is 28.4 Å². The average molecular weight is 895 g/mol. The fourth-order valence-electron chi connectivity index (χ4n) is 7.97. The van der Waals surface area contributed by atoms with Gasteiger partial charge in [0.1, 0.15) is 0 Å². The first-order chi connectivity index (χ1) is 30.4. The average Bonchev–Trinajstić information content (AvgIpc) is 3.26. The molecule has 0 spiro atoms. The summed E-state index contributed by atoms with van der Waals surface area (Å²) < 4.78 is 22.3. The third kappa shape index (κ3) is 46.7. The van der Waals surface area contributed by atoms with Crippen LogP contribution in [0.1, 0.15) is 264 Å². The normalized spacial score (nSPS) is 14.1. The van der Waals surface area contributed by atoms with Crippen LogP contribution in [-0.4, -0.2) is 47.8 Å². The molecule has 0 aromatic rings. The number of nitrogens with one attached hydrogen (secondary N) is 1. The van der Waals surface area contributed by atoms with Crippen molar-refractivity contribution in [3.63, 3.8) is 0 Å². The monoisotopic (exact) mass is 895 g/mol. The van der Waals surface area contributed by atoms with Crippen molar-refractivity contribution in [3.05, 3.63) is 36.5 Å². The molecule has 0 bridgehead atoms. The van der Waals surface area contributed by atoms with E-state index in [2.05, 4.69) is 55.6 Å². The summed E-state index contributed by atoms with van der Waals surface area (Å²) in [4.78, 5) is 22.9. The van der Waals surface area contributed by atoms with Gasteiger partial charge < -0.3 is 21.1 Å². The second kappa shape index (κ2) is 49.2. The van der Waals surface area contributed by atoms with Crippen LogP contribution in [-0.2, 0) is 18.4 Å². The first kappa shape index (κ1) is 60.7. The van der Waals surface area contributed by atoms with Crippen molar-refractivity contribution >= 4 is 13.7 Å². The standard InChI is InChI=1S/C53H103N2O6P/c1-3-5-7-9-11-13-15-17-19-21-23-25-26-27-29-31-33-35-37-39-41-43-45-47-53(57)55-51(50-61-62(58,59)60-49-48-54)52(56)46-44-42-40-38-36-34-32-30-28-24-22-20-18-16-14-12-10-8-6-4-2/h15,17,21,23,26-27,51-52,56H,3-14,16,18-20,22,24-25,28-50,54H2,1-2H3,(H,55,57)(H,58,59)/b17-15-,23-21-,27-26-. The van der Waals surface area contributed by atoms with Gasteiger partial charge in [0.2, 0.25) is 5.91 Å². The van der Waals surface area contributed by atoms with Crippen molar-refractivity contribution in [3.8, 4) is 0 Å². The third-order valence-corrected chi connectivity index (χ3v) is 13.0. The minimum Gasteiger partial charge on any atom is -0.391 e. The maximum atomic E-state index is 12.9. The molecule has 0 radical (unpaired) electrons. The Labute approximate surface area is 384 Å². The van der Waals surface area contributed by atoms with Crippen LogP contribution in [0.15, 0.2) is 36.5 Å². The third-order valence-electron chi connectivity index (χ3n) is 12.0. The van der Waals surface area contributed by atoms with Crippen LogP contribution >= 0.6 is 7.82 Å². The molecule has 5 N–H and O–H groups in total. The highest BCUT2D eigenvalue weighted by molar-refractivity contribution is 7.47.